The number of carbonyl (C=O) groups is 1. The molecule has 1 aromatic heterocycles. The molecule has 130 valence electrons. The molecular formula is C20H23N3O2. The quantitative estimate of drug-likeness (QED) is 0.881. The summed E-state index contributed by atoms with van der Waals surface area (Å²) in [5, 5.41) is 6.02. The molecule has 0 saturated heterocycles. The van der Waals surface area contributed by atoms with Crippen molar-refractivity contribution in [2.75, 3.05) is 13.7 Å². The second-order valence-corrected chi connectivity index (χ2v) is 6.95. The first-order valence-electron chi connectivity index (χ1n) is 8.79. The molecule has 0 radical (unpaired) electrons. The number of hydrogen-bond donors (Lipinski definition) is 2. The van der Waals surface area contributed by atoms with E-state index in [1.807, 2.05) is 13.0 Å². The predicted octanol–water partition coefficient (Wildman–Crippen LogP) is 3.04. The van der Waals surface area contributed by atoms with Gasteiger partial charge in [-0.05, 0) is 48.3 Å². The molecule has 2 aliphatic carbocycles. The molecule has 2 amide bonds. The lowest BCUT2D eigenvalue weighted by Crippen LogP contribution is -2.38. The summed E-state index contributed by atoms with van der Waals surface area (Å²) >= 11 is 0. The summed E-state index contributed by atoms with van der Waals surface area (Å²) in [7, 11) is 1.61. The Labute approximate surface area is 147 Å². The molecule has 4 unspecified atom stereocenters. The minimum Gasteiger partial charge on any atom is -0.495 e. The Hall–Kier alpha value is -2.56. The zero-order valence-electron chi connectivity index (χ0n) is 14.5. The Balaban J connectivity index is 1.30. The number of hydrogen-bond acceptors (Lipinski definition) is 3. The molecule has 1 aromatic carbocycles. The minimum absolute atomic E-state index is 0.135. The third-order valence-electron chi connectivity index (χ3n) is 5.55. The first-order valence-corrected chi connectivity index (χ1v) is 8.79. The van der Waals surface area contributed by atoms with Gasteiger partial charge >= 0.3 is 6.03 Å². The van der Waals surface area contributed by atoms with Crippen LogP contribution in [0.25, 0.3) is 0 Å². The maximum Gasteiger partial charge on any atom is 0.315 e. The number of urea groups is 1. The van der Waals surface area contributed by atoms with Crippen LogP contribution in [0, 0.1) is 11.8 Å². The highest BCUT2D eigenvalue weighted by Crippen LogP contribution is 2.60. The van der Waals surface area contributed by atoms with E-state index < -0.39 is 0 Å². The van der Waals surface area contributed by atoms with Gasteiger partial charge in [-0.2, -0.15) is 0 Å². The molecule has 4 atom stereocenters. The summed E-state index contributed by atoms with van der Waals surface area (Å²) in [6, 6.07) is 10.3. The van der Waals surface area contributed by atoms with E-state index in [9.17, 15) is 4.79 Å². The van der Waals surface area contributed by atoms with E-state index in [1.54, 1.807) is 19.5 Å². The van der Waals surface area contributed by atoms with Crippen LogP contribution in [-0.4, -0.2) is 24.7 Å². The van der Waals surface area contributed by atoms with E-state index in [0.29, 0.717) is 23.5 Å². The number of amides is 2. The van der Waals surface area contributed by atoms with E-state index in [1.165, 1.54) is 11.1 Å². The largest absolute Gasteiger partial charge is 0.495 e. The molecule has 5 heteroatoms. The Kier molecular flexibility index (Phi) is 4.07. The van der Waals surface area contributed by atoms with Crippen molar-refractivity contribution in [3.8, 4) is 5.75 Å². The normalized spacial score (nSPS) is 24.0. The first-order chi connectivity index (χ1) is 12.2. The van der Waals surface area contributed by atoms with Crippen LogP contribution < -0.4 is 15.4 Å². The Morgan fingerprint density at radius 2 is 2.20 bits per heavy atom. The number of fused-ring (bicyclic) bond motifs is 3. The smallest absolute Gasteiger partial charge is 0.315 e. The number of ether oxygens (including phenoxy) is 1. The van der Waals surface area contributed by atoms with Crippen molar-refractivity contribution >= 4 is 6.03 Å². The van der Waals surface area contributed by atoms with Gasteiger partial charge in [0.2, 0.25) is 0 Å². The third-order valence-corrected chi connectivity index (χ3v) is 5.55. The van der Waals surface area contributed by atoms with Crippen LogP contribution in [0.5, 0.6) is 5.75 Å². The molecule has 5 nitrogen and oxygen atoms in total. The van der Waals surface area contributed by atoms with Gasteiger partial charge in [0.25, 0.3) is 0 Å². The fraction of sp³-hybridized carbons (Fsp3) is 0.400. The molecule has 0 spiro atoms. The number of carbonyl (C=O) groups excluding carboxylic acids is 1. The van der Waals surface area contributed by atoms with Crippen molar-refractivity contribution in [2.24, 2.45) is 11.8 Å². The number of nitrogens with one attached hydrogen (secondary N) is 2. The van der Waals surface area contributed by atoms with Crippen LogP contribution in [0.3, 0.4) is 0 Å². The van der Waals surface area contributed by atoms with E-state index >= 15 is 0 Å². The molecule has 1 saturated carbocycles. The lowest BCUT2D eigenvalue weighted by Gasteiger charge is -2.17. The van der Waals surface area contributed by atoms with E-state index in [-0.39, 0.29) is 12.1 Å². The highest BCUT2D eigenvalue weighted by Gasteiger charge is 2.54. The fourth-order valence-electron chi connectivity index (χ4n) is 4.22. The average Bonchev–Trinajstić information content (AvgIpc) is 3.18. The Bertz CT molecular complexity index is 792. The van der Waals surface area contributed by atoms with Gasteiger partial charge in [-0.15, -0.1) is 0 Å². The number of pyridine rings is 1. The summed E-state index contributed by atoms with van der Waals surface area (Å²) in [4.78, 5) is 16.3. The van der Waals surface area contributed by atoms with Gasteiger partial charge in [0.15, 0.2) is 0 Å². The minimum atomic E-state index is -0.141. The summed E-state index contributed by atoms with van der Waals surface area (Å²) in [6.45, 7) is 2.68. The lowest BCUT2D eigenvalue weighted by atomic mass is 10.0. The number of nitrogens with zero attached hydrogens (tertiary/aromatic N) is 1. The molecule has 0 bridgehead atoms. The molecule has 1 fully saturated rings. The maximum absolute atomic E-state index is 12.2. The third kappa shape index (κ3) is 2.95. The van der Waals surface area contributed by atoms with E-state index in [2.05, 4.69) is 39.9 Å². The SMILES string of the molecule is COc1cnccc1C(C)NC(=O)NCC1C2Cc3ccccc3C12. The lowest BCUT2D eigenvalue weighted by molar-refractivity contribution is 0.237. The maximum atomic E-state index is 12.2. The molecule has 2 aliphatic rings. The second kappa shape index (κ2) is 6.39. The average molecular weight is 337 g/mol. The van der Waals surface area contributed by atoms with Crippen LogP contribution in [-0.2, 0) is 6.42 Å². The predicted molar refractivity (Wildman–Crippen MR) is 95.6 cm³/mol. The summed E-state index contributed by atoms with van der Waals surface area (Å²) in [6.07, 6.45) is 4.52. The number of aromatic nitrogens is 1. The van der Waals surface area contributed by atoms with Crippen LogP contribution >= 0.6 is 0 Å². The van der Waals surface area contributed by atoms with Crippen molar-refractivity contribution < 1.29 is 9.53 Å². The van der Waals surface area contributed by atoms with Gasteiger partial charge < -0.3 is 15.4 Å². The highest BCUT2D eigenvalue weighted by atomic mass is 16.5. The van der Waals surface area contributed by atoms with Gasteiger partial charge in [-0.1, -0.05) is 24.3 Å². The van der Waals surface area contributed by atoms with Crippen molar-refractivity contribution in [2.45, 2.75) is 25.3 Å². The highest BCUT2D eigenvalue weighted by molar-refractivity contribution is 5.74. The molecule has 0 aliphatic heterocycles. The molecule has 2 N–H and O–H groups in total. The number of methoxy groups -OCH3 is 1. The number of rotatable bonds is 5. The summed E-state index contributed by atoms with van der Waals surface area (Å²) in [5.41, 5.74) is 3.89. The van der Waals surface area contributed by atoms with Gasteiger partial charge in [-0.25, -0.2) is 4.79 Å². The molecular weight excluding hydrogens is 314 g/mol. The Morgan fingerprint density at radius 1 is 1.36 bits per heavy atom. The van der Waals surface area contributed by atoms with Crippen LogP contribution in [0.2, 0.25) is 0 Å². The van der Waals surface area contributed by atoms with E-state index in [0.717, 1.165) is 18.5 Å². The van der Waals surface area contributed by atoms with Gasteiger partial charge in [0.05, 0.1) is 19.3 Å². The van der Waals surface area contributed by atoms with Crippen LogP contribution in [0.1, 0.15) is 35.6 Å². The first kappa shape index (κ1) is 15.9. The van der Waals surface area contributed by atoms with Crippen molar-refractivity contribution in [3.63, 3.8) is 0 Å². The zero-order chi connectivity index (χ0) is 17.4. The summed E-state index contributed by atoms with van der Waals surface area (Å²) in [5.74, 6) is 2.60. The monoisotopic (exact) mass is 337 g/mol. The summed E-state index contributed by atoms with van der Waals surface area (Å²) < 4.78 is 5.31. The molecule has 25 heavy (non-hydrogen) atoms. The Morgan fingerprint density at radius 3 is 3.04 bits per heavy atom. The standard InChI is InChI=1S/C20H23N3O2/c1-12(14-7-8-21-11-18(14)25-2)23-20(24)22-10-17-16-9-13-5-3-4-6-15(13)19(16)17/h3-8,11-12,16-17,19H,9-10H2,1-2H3,(H2,22,23,24). The fourth-order valence-corrected chi connectivity index (χ4v) is 4.22. The van der Waals surface area contributed by atoms with Gasteiger partial charge in [-0.3, -0.25) is 4.98 Å². The number of benzene rings is 1. The van der Waals surface area contributed by atoms with Gasteiger partial charge in [0.1, 0.15) is 5.75 Å². The molecule has 2 aromatic rings. The topological polar surface area (TPSA) is 63.2 Å². The van der Waals surface area contributed by atoms with Crippen LogP contribution in [0.15, 0.2) is 42.7 Å². The molecule has 4 rings (SSSR count). The van der Waals surface area contributed by atoms with Gasteiger partial charge in [0, 0.05) is 18.3 Å². The molecule has 1 heterocycles. The zero-order valence-corrected chi connectivity index (χ0v) is 14.5. The van der Waals surface area contributed by atoms with Crippen molar-refractivity contribution in [1.29, 1.82) is 0 Å². The second-order valence-electron chi connectivity index (χ2n) is 6.95. The van der Waals surface area contributed by atoms with E-state index in [4.69, 9.17) is 4.74 Å². The van der Waals surface area contributed by atoms with Crippen molar-refractivity contribution in [1.82, 2.24) is 15.6 Å². The van der Waals surface area contributed by atoms with Crippen molar-refractivity contribution in [3.05, 3.63) is 59.4 Å². The van der Waals surface area contributed by atoms with Crippen LogP contribution in [0.4, 0.5) is 4.79 Å².